The van der Waals surface area contributed by atoms with Crippen molar-refractivity contribution in [3.05, 3.63) is 36.5 Å². The number of carbonyl (C=O) groups is 3. The highest BCUT2D eigenvalue weighted by Gasteiger charge is 2.46. The van der Waals surface area contributed by atoms with E-state index in [-0.39, 0.29) is 17.7 Å². The number of nitrogens with one attached hydrogen (secondary N) is 2. The van der Waals surface area contributed by atoms with E-state index in [0.29, 0.717) is 25.9 Å². The molecule has 8 heteroatoms. The number of amides is 2. The van der Waals surface area contributed by atoms with Gasteiger partial charge in [0.05, 0.1) is 18.2 Å². The zero-order valence-electron chi connectivity index (χ0n) is 16.6. The first kappa shape index (κ1) is 19.6. The number of aromatic nitrogens is 1. The minimum Gasteiger partial charge on any atom is -0.358 e. The van der Waals surface area contributed by atoms with E-state index in [1.807, 2.05) is 30.3 Å². The Morgan fingerprint density at radius 3 is 2.76 bits per heavy atom. The van der Waals surface area contributed by atoms with Crippen LogP contribution in [0.3, 0.4) is 0 Å². The number of hydrogen-bond donors (Lipinski definition) is 2. The quantitative estimate of drug-likeness (QED) is 0.805. The Bertz CT molecular complexity index is 940. The van der Waals surface area contributed by atoms with Crippen LogP contribution in [-0.2, 0) is 14.3 Å². The van der Waals surface area contributed by atoms with Gasteiger partial charge in [-0.2, -0.15) is 0 Å². The molecule has 8 nitrogen and oxygen atoms in total. The minimum atomic E-state index is -0.696. The van der Waals surface area contributed by atoms with Gasteiger partial charge in [0.2, 0.25) is 11.8 Å². The number of ether oxygens (including phenoxy) is 1. The maximum absolute atomic E-state index is 13.3. The monoisotopic (exact) mass is 398 g/mol. The van der Waals surface area contributed by atoms with Crippen molar-refractivity contribution in [2.45, 2.75) is 50.5 Å². The van der Waals surface area contributed by atoms with Crippen molar-refractivity contribution in [2.24, 2.45) is 0 Å². The lowest BCUT2D eigenvalue weighted by atomic mass is 10.1. The van der Waals surface area contributed by atoms with Crippen molar-refractivity contribution in [3.8, 4) is 0 Å². The number of para-hydroxylation sites is 1. The van der Waals surface area contributed by atoms with Crippen LogP contribution in [0.25, 0.3) is 10.9 Å². The van der Waals surface area contributed by atoms with Crippen molar-refractivity contribution in [2.75, 3.05) is 13.7 Å². The van der Waals surface area contributed by atoms with Gasteiger partial charge in [-0.05, 0) is 38.9 Å². The Balaban J connectivity index is 1.58. The molecule has 1 aromatic carbocycles. The normalized spacial score (nSPS) is 25.5. The first-order valence-corrected chi connectivity index (χ1v) is 10.0. The van der Waals surface area contributed by atoms with Crippen LogP contribution in [0, 0.1) is 0 Å². The van der Waals surface area contributed by atoms with Crippen LogP contribution >= 0.6 is 0 Å². The van der Waals surface area contributed by atoms with Gasteiger partial charge >= 0.3 is 0 Å². The average molecular weight is 398 g/mol. The Hall–Kier alpha value is -2.71. The van der Waals surface area contributed by atoms with Gasteiger partial charge in [-0.3, -0.25) is 19.0 Å². The van der Waals surface area contributed by atoms with Crippen LogP contribution in [0.5, 0.6) is 0 Å². The predicted octanol–water partition coefficient (Wildman–Crippen LogP) is 1.11. The van der Waals surface area contributed by atoms with Crippen LogP contribution in [0.15, 0.2) is 36.5 Å². The van der Waals surface area contributed by atoms with E-state index in [0.717, 1.165) is 10.9 Å². The first-order chi connectivity index (χ1) is 14.0. The first-order valence-electron chi connectivity index (χ1n) is 10.0. The van der Waals surface area contributed by atoms with Gasteiger partial charge in [0.1, 0.15) is 18.3 Å². The molecular weight excluding hydrogens is 372 g/mol. The summed E-state index contributed by atoms with van der Waals surface area (Å²) in [7, 11) is 1.69. The summed E-state index contributed by atoms with van der Waals surface area (Å²) >= 11 is 0. The second-order valence-electron chi connectivity index (χ2n) is 7.61. The molecule has 29 heavy (non-hydrogen) atoms. The molecule has 1 unspecified atom stereocenters. The Morgan fingerprint density at radius 1 is 1.17 bits per heavy atom. The molecule has 2 fully saturated rings. The topological polar surface area (TPSA) is 92.7 Å². The van der Waals surface area contributed by atoms with Crippen molar-refractivity contribution in [1.82, 2.24) is 20.1 Å². The van der Waals surface area contributed by atoms with Crippen LogP contribution < -0.4 is 10.6 Å². The van der Waals surface area contributed by atoms with E-state index in [9.17, 15) is 14.4 Å². The SMILES string of the molecule is CNC(C)C(=O)N[C@H]1CCO[C@H]2CC[C@H](C(=O)n3ccc4ccccc43)N2C1=O. The third-order valence-electron chi connectivity index (χ3n) is 5.87. The maximum atomic E-state index is 13.3. The molecule has 154 valence electrons. The van der Waals surface area contributed by atoms with Gasteiger partial charge in [-0.25, -0.2) is 0 Å². The molecule has 0 saturated carbocycles. The Morgan fingerprint density at radius 2 is 1.97 bits per heavy atom. The highest BCUT2D eigenvalue weighted by molar-refractivity contribution is 5.98. The van der Waals surface area contributed by atoms with E-state index < -0.39 is 24.4 Å². The summed E-state index contributed by atoms with van der Waals surface area (Å²) in [4.78, 5) is 40.4. The van der Waals surface area contributed by atoms with E-state index in [1.54, 1.807) is 29.6 Å². The lowest BCUT2D eigenvalue weighted by Gasteiger charge is -2.30. The van der Waals surface area contributed by atoms with Crippen LogP contribution in [0.4, 0.5) is 0 Å². The van der Waals surface area contributed by atoms with Crippen LogP contribution in [-0.4, -0.2) is 65.2 Å². The van der Waals surface area contributed by atoms with E-state index in [4.69, 9.17) is 4.74 Å². The standard InChI is InChI=1S/C21H26N4O4/c1-13(22-2)19(26)23-15-10-12-29-18-8-7-17(25(18)20(15)27)21(28)24-11-9-14-5-3-4-6-16(14)24/h3-6,9,11,13,15,17-18,22H,7-8,10,12H2,1-2H3,(H,23,26)/t13?,15-,17+,18-/m0/s1. The van der Waals surface area contributed by atoms with Gasteiger partial charge in [-0.15, -0.1) is 0 Å². The van der Waals surface area contributed by atoms with Crippen molar-refractivity contribution >= 4 is 28.6 Å². The molecule has 3 heterocycles. The summed E-state index contributed by atoms with van der Waals surface area (Å²) < 4.78 is 7.47. The number of hydrogen-bond acceptors (Lipinski definition) is 5. The van der Waals surface area contributed by atoms with Crippen molar-refractivity contribution < 1.29 is 19.1 Å². The van der Waals surface area contributed by atoms with E-state index in [2.05, 4.69) is 10.6 Å². The average Bonchev–Trinajstić information content (AvgIpc) is 3.32. The summed E-state index contributed by atoms with van der Waals surface area (Å²) in [5, 5.41) is 6.65. The van der Waals surface area contributed by atoms with Gasteiger partial charge in [-0.1, -0.05) is 18.2 Å². The number of rotatable bonds is 4. The summed E-state index contributed by atoms with van der Waals surface area (Å²) in [6, 6.07) is 7.83. The highest BCUT2D eigenvalue weighted by Crippen LogP contribution is 2.30. The molecule has 2 amide bonds. The third-order valence-corrected chi connectivity index (χ3v) is 5.87. The molecule has 0 aliphatic carbocycles. The predicted molar refractivity (Wildman–Crippen MR) is 107 cm³/mol. The molecule has 2 aliphatic rings. The molecule has 2 aliphatic heterocycles. The summed E-state index contributed by atoms with van der Waals surface area (Å²) in [5.41, 5.74) is 0.817. The fraction of sp³-hybridized carbons (Fsp3) is 0.476. The van der Waals surface area contributed by atoms with Gasteiger partial charge < -0.3 is 20.3 Å². The molecule has 0 radical (unpaired) electrons. The number of likely N-dealkylation sites (N-methyl/N-ethyl adjacent to an activating group) is 1. The second-order valence-corrected chi connectivity index (χ2v) is 7.61. The Labute approximate surface area is 169 Å². The molecule has 1 aromatic heterocycles. The molecule has 2 N–H and O–H groups in total. The maximum Gasteiger partial charge on any atom is 0.253 e. The largest absolute Gasteiger partial charge is 0.358 e. The molecular formula is C21H26N4O4. The summed E-state index contributed by atoms with van der Waals surface area (Å²) in [6.07, 6.45) is 2.85. The molecule has 0 spiro atoms. The van der Waals surface area contributed by atoms with E-state index >= 15 is 0 Å². The van der Waals surface area contributed by atoms with Crippen LogP contribution in [0.1, 0.15) is 31.0 Å². The van der Waals surface area contributed by atoms with Gasteiger partial charge in [0.15, 0.2) is 0 Å². The summed E-state index contributed by atoms with van der Waals surface area (Å²) in [6.45, 7) is 2.09. The molecule has 0 bridgehead atoms. The molecule has 2 aromatic rings. The Kier molecular flexibility index (Phi) is 5.38. The number of nitrogens with zero attached hydrogens (tertiary/aromatic N) is 2. The second kappa shape index (κ2) is 7.96. The van der Waals surface area contributed by atoms with E-state index in [1.165, 1.54) is 0 Å². The lowest BCUT2D eigenvalue weighted by Crippen LogP contribution is -2.55. The zero-order valence-corrected chi connectivity index (χ0v) is 16.6. The molecule has 4 rings (SSSR count). The molecule has 2 saturated heterocycles. The fourth-order valence-corrected chi connectivity index (χ4v) is 4.10. The fourth-order valence-electron chi connectivity index (χ4n) is 4.10. The third kappa shape index (κ3) is 3.54. The number of fused-ring (bicyclic) bond motifs is 2. The minimum absolute atomic E-state index is 0.152. The zero-order chi connectivity index (χ0) is 20.5. The van der Waals surface area contributed by atoms with Crippen LogP contribution in [0.2, 0.25) is 0 Å². The van der Waals surface area contributed by atoms with Gasteiger partial charge in [0.25, 0.3) is 5.91 Å². The smallest absolute Gasteiger partial charge is 0.253 e. The summed E-state index contributed by atoms with van der Waals surface area (Å²) in [5.74, 6) is -0.652. The molecule has 4 atom stereocenters. The lowest BCUT2D eigenvalue weighted by molar-refractivity contribution is -0.143. The highest BCUT2D eigenvalue weighted by atomic mass is 16.5. The number of benzene rings is 1. The number of carbonyl (C=O) groups excluding carboxylic acids is 3. The van der Waals surface area contributed by atoms with Crippen molar-refractivity contribution in [1.29, 1.82) is 0 Å². The van der Waals surface area contributed by atoms with Gasteiger partial charge in [0, 0.05) is 18.0 Å². The van der Waals surface area contributed by atoms with Crippen molar-refractivity contribution in [3.63, 3.8) is 0 Å².